The molecule has 1 heterocycles. The molecule has 5 heavy (non-hydrogen) atoms. The van der Waals surface area contributed by atoms with E-state index < -0.39 is 0 Å². The summed E-state index contributed by atoms with van der Waals surface area (Å²) in [7, 11) is -0.302. The highest BCUT2D eigenvalue weighted by Crippen LogP contribution is 2.06. The van der Waals surface area contributed by atoms with Crippen LogP contribution in [0.1, 0.15) is 0 Å². The van der Waals surface area contributed by atoms with E-state index in [1.165, 1.54) is 0 Å². The summed E-state index contributed by atoms with van der Waals surface area (Å²) in [5, 5.41) is 0. The zero-order valence-corrected chi connectivity index (χ0v) is 3.56. The molecule has 0 aromatic rings. The summed E-state index contributed by atoms with van der Waals surface area (Å²) in [6, 6.07) is 0. The Morgan fingerprint density at radius 3 is 2.60 bits per heavy atom. The number of hydrogen-bond acceptors (Lipinski definition) is 2. The Hall–Kier alpha value is 0.0200. The van der Waals surface area contributed by atoms with Gasteiger partial charge in [0.05, 0.1) is 0 Å². The molecule has 0 amide bonds. The molecule has 1 rings (SSSR count). The van der Waals surface area contributed by atoms with Crippen LogP contribution in [0.4, 0.5) is 0 Å². The van der Waals surface area contributed by atoms with Crippen molar-refractivity contribution in [3.05, 3.63) is 0 Å². The van der Waals surface area contributed by atoms with Gasteiger partial charge in [0.1, 0.15) is 6.67 Å². The summed E-state index contributed by atoms with van der Waals surface area (Å²) in [5.41, 5.74) is 2.72. The third-order valence-electron chi connectivity index (χ3n) is 0.426. The van der Waals surface area contributed by atoms with E-state index in [4.69, 9.17) is 0 Å². The fourth-order valence-corrected chi connectivity index (χ4v) is 0.300. The van der Waals surface area contributed by atoms with Crippen LogP contribution in [-0.2, 0) is 4.57 Å². The first-order chi connectivity index (χ1) is 2.43. The maximum Gasteiger partial charge on any atom is 0.437 e. The van der Waals surface area contributed by atoms with Crippen LogP contribution in [0.2, 0.25) is 0 Å². The van der Waals surface area contributed by atoms with Gasteiger partial charge in [-0.15, -0.1) is 0 Å². The topological polar surface area (TPSA) is 42.0 Å². The van der Waals surface area contributed by atoms with Crippen molar-refractivity contribution in [3.63, 3.8) is 0 Å². The van der Waals surface area contributed by atoms with Crippen molar-refractivity contribution in [2.75, 3.05) is 6.67 Å². The largest absolute Gasteiger partial charge is 0.437 e. The second-order valence-electron chi connectivity index (χ2n) is 0.836. The predicted octanol–water partition coefficient (Wildman–Crippen LogP) is -0.297. The van der Waals surface area contributed by atoms with Crippen LogP contribution in [-0.4, -0.2) is 11.4 Å². The van der Waals surface area contributed by atoms with Gasteiger partial charge in [-0.05, 0) is 4.78 Å². The molecule has 4 heteroatoms. The van der Waals surface area contributed by atoms with Crippen molar-refractivity contribution >= 4 is 8.61 Å². The van der Waals surface area contributed by atoms with E-state index in [1.54, 1.807) is 4.78 Å². The van der Waals surface area contributed by atoms with Crippen LogP contribution in [0.15, 0.2) is 0 Å². The maximum atomic E-state index is 9.58. The molecular formula is CH4N2OP+. The highest BCUT2D eigenvalue weighted by molar-refractivity contribution is 7.20. The average Bonchev–Trinajstić information content (AvgIpc) is 2.12. The van der Waals surface area contributed by atoms with E-state index in [0.29, 0.717) is 0 Å². The highest BCUT2D eigenvalue weighted by Gasteiger charge is 2.23. The normalized spacial score (nSPS) is 34.8. The Morgan fingerprint density at radius 1 is 2.00 bits per heavy atom. The van der Waals surface area contributed by atoms with Gasteiger partial charge >= 0.3 is 8.61 Å². The van der Waals surface area contributed by atoms with Gasteiger partial charge in [0.2, 0.25) is 0 Å². The smallest absolute Gasteiger partial charge is 0.193 e. The lowest BCUT2D eigenvalue weighted by atomic mass is 11.4. The van der Waals surface area contributed by atoms with Gasteiger partial charge in [-0.3, -0.25) is 0 Å². The molecular weight excluding hydrogens is 87.0 g/mol. The lowest BCUT2D eigenvalue weighted by molar-refractivity contribution is 0.576. The second-order valence-corrected chi connectivity index (χ2v) is 1.56. The molecule has 1 saturated heterocycles. The Bertz CT molecular complexity index is 51.6. The van der Waals surface area contributed by atoms with Gasteiger partial charge in [0, 0.05) is 0 Å². The summed E-state index contributed by atoms with van der Waals surface area (Å²) in [5.74, 6) is 0. The summed E-state index contributed by atoms with van der Waals surface area (Å²) in [6.45, 7) is 0.794. The standard InChI is InChI=1S/CH3N2OP/c4-5-3-1-2-3/h2H,1H2/p+1. The molecule has 1 fully saturated rings. The summed E-state index contributed by atoms with van der Waals surface area (Å²) in [6.07, 6.45) is 0. The molecule has 0 saturated carbocycles. The van der Waals surface area contributed by atoms with E-state index in [0.717, 1.165) is 6.67 Å². The molecule has 1 aliphatic heterocycles. The van der Waals surface area contributed by atoms with Gasteiger partial charge in [-0.2, -0.15) is 5.43 Å². The fourth-order valence-electron chi connectivity index (χ4n) is 0.0999. The Labute approximate surface area is 31.2 Å². The van der Waals surface area contributed by atoms with Crippen molar-refractivity contribution in [2.45, 2.75) is 0 Å². The zero-order valence-electron chi connectivity index (χ0n) is 2.56. The lowest BCUT2D eigenvalue weighted by Gasteiger charge is -1.48. The van der Waals surface area contributed by atoms with Crippen LogP contribution >= 0.6 is 8.61 Å². The number of hydrogen-bond donors (Lipinski definition) is 1. The number of nitrogens with zero attached hydrogens (tertiary/aromatic N) is 1. The monoisotopic (exact) mass is 91.0 g/mol. The van der Waals surface area contributed by atoms with Crippen LogP contribution in [0.5, 0.6) is 0 Å². The minimum Gasteiger partial charge on any atom is -0.193 e. The maximum absolute atomic E-state index is 9.58. The molecule has 1 N–H and O–H groups in total. The zero-order chi connectivity index (χ0) is 3.70. The van der Waals surface area contributed by atoms with Gasteiger partial charge in [-0.1, -0.05) is 4.57 Å². The molecule has 2 atom stereocenters. The predicted molar refractivity (Wildman–Crippen MR) is 18.8 cm³/mol. The first kappa shape index (κ1) is 3.22. The number of rotatable bonds is 1. The van der Waals surface area contributed by atoms with Crippen molar-refractivity contribution < 1.29 is 4.57 Å². The summed E-state index contributed by atoms with van der Waals surface area (Å²) < 4.78 is 11.2. The third-order valence-corrected chi connectivity index (χ3v) is 0.963. The van der Waals surface area contributed by atoms with Crippen LogP contribution in [0.3, 0.4) is 0 Å². The molecule has 28 valence electrons. The molecule has 1 aliphatic rings. The molecule has 0 aromatic heterocycles. The van der Waals surface area contributed by atoms with E-state index in [9.17, 15) is 4.57 Å². The summed E-state index contributed by atoms with van der Waals surface area (Å²) in [4.78, 5) is 0. The first-order valence-electron chi connectivity index (χ1n) is 1.32. The Morgan fingerprint density at radius 2 is 2.60 bits per heavy atom. The molecule has 0 radical (unpaired) electrons. The molecule has 0 bridgehead atoms. The van der Waals surface area contributed by atoms with Crippen LogP contribution in [0.25, 0.3) is 0 Å². The number of hydrazine groups is 1. The van der Waals surface area contributed by atoms with E-state index in [2.05, 4.69) is 5.43 Å². The fraction of sp³-hybridized carbons (Fsp3) is 1.00. The third kappa shape index (κ3) is 0.651. The molecule has 0 aliphatic carbocycles. The van der Waals surface area contributed by atoms with Crippen molar-refractivity contribution in [3.8, 4) is 0 Å². The van der Waals surface area contributed by atoms with Crippen LogP contribution in [0, 0.1) is 0 Å². The lowest BCUT2D eigenvalue weighted by Crippen LogP contribution is -1.73. The highest BCUT2D eigenvalue weighted by atomic mass is 31.1. The van der Waals surface area contributed by atoms with Crippen molar-refractivity contribution in [1.82, 2.24) is 10.2 Å². The second kappa shape index (κ2) is 1.01. The van der Waals surface area contributed by atoms with E-state index >= 15 is 0 Å². The SMILES string of the molecule is O=[PH+]N1CN1. The summed E-state index contributed by atoms with van der Waals surface area (Å²) >= 11 is 0. The van der Waals surface area contributed by atoms with Gasteiger partial charge in [0.15, 0.2) is 0 Å². The molecule has 0 spiro atoms. The van der Waals surface area contributed by atoms with Crippen molar-refractivity contribution in [2.24, 2.45) is 0 Å². The Balaban J connectivity index is 2.21. The van der Waals surface area contributed by atoms with Crippen molar-refractivity contribution in [1.29, 1.82) is 0 Å². The average molecular weight is 91.0 g/mol. The molecule has 3 nitrogen and oxygen atoms in total. The quantitative estimate of drug-likeness (QED) is 0.356. The molecule has 2 unspecified atom stereocenters. The van der Waals surface area contributed by atoms with E-state index in [1.807, 2.05) is 0 Å². The first-order valence-corrected chi connectivity index (χ1v) is 2.18. The van der Waals surface area contributed by atoms with Gasteiger partial charge in [-0.25, -0.2) is 0 Å². The van der Waals surface area contributed by atoms with Gasteiger partial charge < -0.3 is 0 Å². The van der Waals surface area contributed by atoms with E-state index in [-0.39, 0.29) is 8.61 Å². The number of nitrogens with one attached hydrogen (secondary N) is 1. The Kier molecular flexibility index (Phi) is 0.651. The van der Waals surface area contributed by atoms with Crippen LogP contribution < -0.4 is 5.43 Å². The van der Waals surface area contributed by atoms with Gasteiger partial charge in [0.25, 0.3) is 0 Å². The minimum atomic E-state index is -0.302. The minimum absolute atomic E-state index is 0.302. The molecule has 0 aromatic carbocycles.